The molecule has 0 saturated carbocycles. The first-order valence-electron chi connectivity index (χ1n) is 10.5. The summed E-state index contributed by atoms with van der Waals surface area (Å²) in [6.45, 7) is 5.36. The normalized spacial score (nSPS) is 16.0. The number of halogens is 2. The second-order valence-corrected chi connectivity index (χ2v) is 10.7. The van der Waals surface area contributed by atoms with E-state index in [1.54, 1.807) is 61.4 Å². The number of hydrogen-bond donors (Lipinski definition) is 0. The second kappa shape index (κ2) is 10.1. The number of esters is 1. The fraction of sp³-hybridized carbons (Fsp3) is 0.240. The average molecular weight is 534 g/mol. The molecule has 2 aromatic carbocycles. The molecule has 0 N–H and O–H groups in total. The molecule has 0 bridgehead atoms. The Bertz CT molecular complexity index is 1470. The molecule has 4 rings (SSSR count). The molecule has 0 amide bonds. The Morgan fingerprint density at radius 3 is 2.50 bits per heavy atom. The van der Waals surface area contributed by atoms with Crippen LogP contribution in [-0.4, -0.2) is 22.9 Å². The van der Waals surface area contributed by atoms with E-state index < -0.39 is 12.0 Å². The molecule has 1 aliphatic heterocycles. The van der Waals surface area contributed by atoms with E-state index in [-0.39, 0.29) is 11.7 Å². The van der Waals surface area contributed by atoms with Crippen molar-refractivity contribution in [3.8, 4) is 0 Å². The molecule has 0 fully saturated rings. The van der Waals surface area contributed by atoms with Crippen LogP contribution in [0.25, 0.3) is 6.08 Å². The maximum absolute atomic E-state index is 13.6. The van der Waals surface area contributed by atoms with Crippen molar-refractivity contribution in [2.75, 3.05) is 6.26 Å². The number of thioether (sulfide) groups is 1. The van der Waals surface area contributed by atoms with E-state index in [0.29, 0.717) is 30.6 Å². The van der Waals surface area contributed by atoms with E-state index in [1.165, 1.54) is 11.3 Å². The van der Waals surface area contributed by atoms with Gasteiger partial charge in [0.15, 0.2) is 4.80 Å². The maximum atomic E-state index is 13.6. The molecule has 3 aromatic rings. The van der Waals surface area contributed by atoms with E-state index in [4.69, 9.17) is 27.9 Å². The lowest BCUT2D eigenvalue weighted by molar-refractivity contribution is -0.143. The van der Waals surface area contributed by atoms with Gasteiger partial charge in [0.2, 0.25) is 0 Å². The quantitative estimate of drug-likeness (QED) is 0.334. The van der Waals surface area contributed by atoms with Crippen LogP contribution in [0.3, 0.4) is 0 Å². The molecule has 34 heavy (non-hydrogen) atoms. The Morgan fingerprint density at radius 2 is 1.88 bits per heavy atom. The Morgan fingerprint density at radius 1 is 1.18 bits per heavy atom. The van der Waals surface area contributed by atoms with Gasteiger partial charge in [0.25, 0.3) is 5.56 Å². The van der Waals surface area contributed by atoms with E-state index in [2.05, 4.69) is 4.99 Å². The summed E-state index contributed by atoms with van der Waals surface area (Å²) in [7, 11) is 0. The zero-order valence-corrected chi connectivity index (χ0v) is 22.1. The first-order valence-corrected chi connectivity index (χ1v) is 13.3. The van der Waals surface area contributed by atoms with E-state index in [0.717, 1.165) is 16.0 Å². The van der Waals surface area contributed by atoms with Crippen molar-refractivity contribution in [2.24, 2.45) is 4.99 Å². The van der Waals surface area contributed by atoms with Gasteiger partial charge in [-0.15, -0.1) is 11.8 Å². The largest absolute Gasteiger partial charge is 0.459 e. The standard InChI is InChI=1S/C25H22Cl2N2O3S2/c1-13(2)32-24(31)21-14(3)28-25-29(22(21)16-6-8-17(33-4)9-7-16)23(30)20(34-25)12-15-5-10-18(26)19(27)11-15/h5-13,22H,1-4H3. The van der Waals surface area contributed by atoms with Crippen LogP contribution in [0.1, 0.15) is 37.9 Å². The fourth-order valence-electron chi connectivity index (χ4n) is 3.72. The smallest absolute Gasteiger partial charge is 0.338 e. The van der Waals surface area contributed by atoms with E-state index in [9.17, 15) is 9.59 Å². The molecule has 0 saturated heterocycles. The number of benzene rings is 2. The third-order valence-electron chi connectivity index (χ3n) is 5.26. The molecule has 1 aliphatic rings. The van der Waals surface area contributed by atoms with Crippen molar-refractivity contribution in [3.63, 3.8) is 0 Å². The lowest BCUT2D eigenvalue weighted by Crippen LogP contribution is -2.40. The number of aromatic nitrogens is 1. The van der Waals surface area contributed by atoms with Crippen LogP contribution in [0.2, 0.25) is 10.0 Å². The second-order valence-electron chi connectivity index (χ2n) is 7.98. The molecule has 1 unspecified atom stereocenters. The van der Waals surface area contributed by atoms with Crippen LogP contribution in [0, 0.1) is 0 Å². The molecular formula is C25H22Cl2N2O3S2. The van der Waals surface area contributed by atoms with Gasteiger partial charge >= 0.3 is 5.97 Å². The van der Waals surface area contributed by atoms with Crippen LogP contribution in [0.5, 0.6) is 0 Å². The van der Waals surface area contributed by atoms with Crippen molar-refractivity contribution < 1.29 is 9.53 Å². The molecule has 0 radical (unpaired) electrons. The third-order valence-corrected chi connectivity index (χ3v) is 7.72. The molecule has 9 heteroatoms. The summed E-state index contributed by atoms with van der Waals surface area (Å²) in [4.78, 5) is 33.0. The first kappa shape index (κ1) is 24.8. The van der Waals surface area contributed by atoms with Gasteiger partial charge in [0.05, 0.1) is 38.0 Å². The molecule has 1 atom stereocenters. The number of carbonyl (C=O) groups is 1. The molecule has 0 aliphatic carbocycles. The van der Waals surface area contributed by atoms with Gasteiger partial charge in [-0.05, 0) is 68.5 Å². The van der Waals surface area contributed by atoms with Gasteiger partial charge in [-0.1, -0.05) is 52.7 Å². The zero-order chi connectivity index (χ0) is 24.6. The van der Waals surface area contributed by atoms with E-state index >= 15 is 0 Å². The summed E-state index contributed by atoms with van der Waals surface area (Å²) in [5.41, 5.74) is 2.21. The lowest BCUT2D eigenvalue weighted by atomic mass is 9.96. The predicted molar refractivity (Wildman–Crippen MR) is 140 cm³/mol. The number of allylic oxidation sites excluding steroid dienone is 1. The average Bonchev–Trinajstić information content (AvgIpc) is 3.09. The van der Waals surface area contributed by atoms with Crippen LogP contribution in [-0.2, 0) is 9.53 Å². The highest BCUT2D eigenvalue weighted by Crippen LogP contribution is 2.32. The molecule has 2 heterocycles. The fourth-order valence-corrected chi connectivity index (χ4v) is 5.48. The molecular weight excluding hydrogens is 511 g/mol. The highest BCUT2D eigenvalue weighted by atomic mass is 35.5. The van der Waals surface area contributed by atoms with Crippen molar-refractivity contribution >= 4 is 58.3 Å². The molecule has 5 nitrogen and oxygen atoms in total. The van der Waals surface area contributed by atoms with Crippen molar-refractivity contribution in [2.45, 2.75) is 37.8 Å². The van der Waals surface area contributed by atoms with Gasteiger partial charge in [-0.3, -0.25) is 9.36 Å². The van der Waals surface area contributed by atoms with Crippen molar-refractivity contribution in [3.05, 3.63) is 94.6 Å². The van der Waals surface area contributed by atoms with Gasteiger partial charge in [-0.25, -0.2) is 9.79 Å². The van der Waals surface area contributed by atoms with Gasteiger partial charge in [0, 0.05) is 4.90 Å². The van der Waals surface area contributed by atoms with E-state index in [1.807, 2.05) is 30.5 Å². The van der Waals surface area contributed by atoms with Crippen LogP contribution >= 0.6 is 46.3 Å². The summed E-state index contributed by atoms with van der Waals surface area (Å²) in [5.74, 6) is -0.478. The monoisotopic (exact) mass is 532 g/mol. The third kappa shape index (κ3) is 4.89. The Labute approximate surface area is 215 Å². The van der Waals surface area contributed by atoms with Gasteiger partial charge < -0.3 is 4.74 Å². The number of hydrogen-bond acceptors (Lipinski definition) is 6. The number of thiazole rings is 1. The minimum absolute atomic E-state index is 0.240. The Balaban J connectivity index is 1.93. The maximum Gasteiger partial charge on any atom is 0.338 e. The number of nitrogens with zero attached hydrogens (tertiary/aromatic N) is 2. The Kier molecular flexibility index (Phi) is 7.38. The number of fused-ring (bicyclic) bond motifs is 1. The van der Waals surface area contributed by atoms with Crippen LogP contribution in [0.4, 0.5) is 0 Å². The highest BCUT2D eigenvalue weighted by molar-refractivity contribution is 7.98. The summed E-state index contributed by atoms with van der Waals surface area (Å²) in [5, 5.41) is 0.849. The predicted octanol–water partition coefficient (Wildman–Crippen LogP) is 5.22. The summed E-state index contributed by atoms with van der Waals surface area (Å²) < 4.78 is 7.59. The highest BCUT2D eigenvalue weighted by Gasteiger charge is 2.33. The summed E-state index contributed by atoms with van der Waals surface area (Å²) >= 11 is 15.1. The van der Waals surface area contributed by atoms with Crippen molar-refractivity contribution in [1.82, 2.24) is 4.57 Å². The number of ether oxygens (including phenoxy) is 1. The number of carbonyl (C=O) groups excluding carboxylic acids is 1. The molecule has 0 spiro atoms. The first-order chi connectivity index (χ1) is 16.2. The minimum Gasteiger partial charge on any atom is -0.459 e. The zero-order valence-electron chi connectivity index (χ0n) is 19.0. The summed E-state index contributed by atoms with van der Waals surface area (Å²) in [6, 6.07) is 12.4. The lowest BCUT2D eigenvalue weighted by Gasteiger charge is -2.25. The Hall–Kier alpha value is -2.32. The van der Waals surface area contributed by atoms with Gasteiger partial charge in [-0.2, -0.15) is 0 Å². The molecule has 1 aromatic heterocycles. The molecule has 176 valence electrons. The topological polar surface area (TPSA) is 60.7 Å². The van der Waals surface area contributed by atoms with Crippen molar-refractivity contribution in [1.29, 1.82) is 0 Å². The number of rotatable bonds is 5. The minimum atomic E-state index is -0.644. The van der Waals surface area contributed by atoms with Gasteiger partial charge in [0.1, 0.15) is 0 Å². The van der Waals surface area contributed by atoms with Crippen LogP contribution in [0.15, 0.2) is 68.4 Å². The SMILES string of the molecule is CSc1ccc(C2C(C(=O)OC(C)C)=C(C)N=c3sc(=Cc4ccc(Cl)c(Cl)c4)c(=O)n32)cc1. The van der Waals surface area contributed by atoms with Crippen LogP contribution < -0.4 is 14.9 Å². The summed E-state index contributed by atoms with van der Waals surface area (Å²) in [6.07, 6.45) is 3.45.